The Hall–Kier alpha value is -1.61. The summed E-state index contributed by atoms with van der Waals surface area (Å²) in [6.07, 6.45) is 5.64. The fraction of sp³-hybridized carbons (Fsp3) is 0.400. The zero-order chi connectivity index (χ0) is 13.1. The van der Waals surface area contributed by atoms with Crippen molar-refractivity contribution in [2.75, 3.05) is 0 Å². The molecule has 0 aliphatic heterocycles. The number of nitrogens with zero attached hydrogens (tertiary/aromatic N) is 2. The van der Waals surface area contributed by atoms with E-state index < -0.39 is 0 Å². The fourth-order valence-electron chi connectivity index (χ4n) is 2.25. The van der Waals surface area contributed by atoms with Gasteiger partial charge in [0.25, 0.3) is 0 Å². The van der Waals surface area contributed by atoms with E-state index in [1.54, 1.807) is 0 Å². The lowest BCUT2D eigenvalue weighted by Crippen LogP contribution is -2.14. The van der Waals surface area contributed by atoms with Crippen LogP contribution in [0.3, 0.4) is 0 Å². The molecule has 96 valence electrons. The van der Waals surface area contributed by atoms with Gasteiger partial charge in [0, 0.05) is 31.9 Å². The molecule has 0 radical (unpaired) electrons. The van der Waals surface area contributed by atoms with Crippen molar-refractivity contribution >= 4 is 0 Å². The standard InChI is InChI=1S/C15H21N3/c1-11-5-4-6-13(12(11)2)14(16)7-8-15-17-9-10-18(15)3/h4-6,9-10,14H,7-8,16H2,1-3H3. The van der Waals surface area contributed by atoms with E-state index in [1.165, 1.54) is 16.7 Å². The lowest BCUT2D eigenvalue weighted by atomic mass is 9.95. The Morgan fingerprint density at radius 3 is 2.78 bits per heavy atom. The van der Waals surface area contributed by atoms with Crippen molar-refractivity contribution in [3.63, 3.8) is 0 Å². The van der Waals surface area contributed by atoms with Gasteiger partial charge in [-0.1, -0.05) is 18.2 Å². The minimum absolute atomic E-state index is 0.0848. The first-order valence-electron chi connectivity index (χ1n) is 6.37. The molecule has 18 heavy (non-hydrogen) atoms. The Balaban J connectivity index is 2.06. The second-order valence-electron chi connectivity index (χ2n) is 4.89. The minimum Gasteiger partial charge on any atom is -0.338 e. The van der Waals surface area contributed by atoms with Crippen LogP contribution in [0.2, 0.25) is 0 Å². The van der Waals surface area contributed by atoms with Gasteiger partial charge in [0.2, 0.25) is 0 Å². The molecule has 1 atom stereocenters. The second kappa shape index (κ2) is 5.36. The van der Waals surface area contributed by atoms with Crippen molar-refractivity contribution in [2.24, 2.45) is 12.8 Å². The maximum Gasteiger partial charge on any atom is 0.108 e. The van der Waals surface area contributed by atoms with Gasteiger partial charge in [-0.2, -0.15) is 0 Å². The first kappa shape index (κ1) is 12.8. The third kappa shape index (κ3) is 2.62. The summed E-state index contributed by atoms with van der Waals surface area (Å²) in [5, 5.41) is 0. The zero-order valence-corrected chi connectivity index (χ0v) is 11.4. The summed E-state index contributed by atoms with van der Waals surface area (Å²) >= 11 is 0. The van der Waals surface area contributed by atoms with E-state index in [4.69, 9.17) is 5.73 Å². The Kier molecular flexibility index (Phi) is 3.82. The predicted molar refractivity (Wildman–Crippen MR) is 74.4 cm³/mol. The molecule has 0 bridgehead atoms. The van der Waals surface area contributed by atoms with E-state index in [0.29, 0.717) is 0 Å². The van der Waals surface area contributed by atoms with Gasteiger partial charge in [-0.3, -0.25) is 0 Å². The van der Waals surface area contributed by atoms with Gasteiger partial charge in [-0.15, -0.1) is 0 Å². The van der Waals surface area contributed by atoms with E-state index in [0.717, 1.165) is 18.7 Å². The molecule has 3 nitrogen and oxygen atoms in total. The normalized spacial score (nSPS) is 12.7. The molecule has 2 rings (SSSR count). The maximum atomic E-state index is 6.29. The molecule has 0 saturated heterocycles. The molecule has 0 aliphatic rings. The lowest BCUT2D eigenvalue weighted by molar-refractivity contribution is 0.617. The molecule has 1 unspecified atom stereocenters. The molecule has 1 aromatic heterocycles. The van der Waals surface area contributed by atoms with Crippen LogP contribution in [-0.2, 0) is 13.5 Å². The summed E-state index contributed by atoms with van der Waals surface area (Å²) in [5.74, 6) is 1.09. The third-order valence-electron chi connectivity index (χ3n) is 3.65. The molecule has 0 spiro atoms. The Bertz CT molecular complexity index is 528. The highest BCUT2D eigenvalue weighted by molar-refractivity contribution is 5.35. The second-order valence-corrected chi connectivity index (χ2v) is 4.89. The molecule has 0 amide bonds. The van der Waals surface area contributed by atoms with Crippen molar-refractivity contribution in [3.8, 4) is 0 Å². The van der Waals surface area contributed by atoms with Crippen LogP contribution in [0.15, 0.2) is 30.6 Å². The first-order valence-corrected chi connectivity index (χ1v) is 6.37. The molecular weight excluding hydrogens is 222 g/mol. The van der Waals surface area contributed by atoms with Crippen molar-refractivity contribution in [3.05, 3.63) is 53.1 Å². The van der Waals surface area contributed by atoms with Gasteiger partial charge in [0.05, 0.1) is 0 Å². The zero-order valence-electron chi connectivity index (χ0n) is 11.4. The molecule has 2 N–H and O–H groups in total. The monoisotopic (exact) mass is 243 g/mol. The Morgan fingerprint density at radius 1 is 1.33 bits per heavy atom. The summed E-state index contributed by atoms with van der Waals surface area (Å²) in [6.45, 7) is 4.27. The minimum atomic E-state index is 0.0848. The van der Waals surface area contributed by atoms with Crippen LogP contribution in [-0.4, -0.2) is 9.55 Å². The van der Waals surface area contributed by atoms with E-state index in [1.807, 2.05) is 19.4 Å². The lowest BCUT2D eigenvalue weighted by Gasteiger charge is -2.16. The van der Waals surface area contributed by atoms with Gasteiger partial charge in [0.15, 0.2) is 0 Å². The van der Waals surface area contributed by atoms with Gasteiger partial charge in [-0.05, 0) is 37.0 Å². The number of nitrogens with two attached hydrogens (primary N) is 1. The van der Waals surface area contributed by atoms with Crippen molar-refractivity contribution in [2.45, 2.75) is 32.7 Å². The summed E-state index contributed by atoms with van der Waals surface area (Å²) in [4.78, 5) is 4.33. The third-order valence-corrected chi connectivity index (χ3v) is 3.65. The highest BCUT2D eigenvalue weighted by Crippen LogP contribution is 2.22. The quantitative estimate of drug-likeness (QED) is 0.897. The average Bonchev–Trinajstić information content (AvgIpc) is 2.75. The Morgan fingerprint density at radius 2 is 2.11 bits per heavy atom. The van der Waals surface area contributed by atoms with Gasteiger partial charge in [-0.25, -0.2) is 4.98 Å². The summed E-state index contributed by atoms with van der Waals surface area (Å²) in [5.41, 5.74) is 10.2. The molecule has 0 fully saturated rings. The summed E-state index contributed by atoms with van der Waals surface area (Å²) < 4.78 is 2.05. The van der Waals surface area contributed by atoms with Crippen LogP contribution in [0.1, 0.15) is 35.0 Å². The molecule has 0 saturated carbocycles. The number of rotatable bonds is 4. The number of aromatic nitrogens is 2. The molecule has 1 aromatic carbocycles. The van der Waals surface area contributed by atoms with E-state index in [-0.39, 0.29) is 6.04 Å². The van der Waals surface area contributed by atoms with Crippen LogP contribution in [0.4, 0.5) is 0 Å². The highest BCUT2D eigenvalue weighted by atomic mass is 15.0. The molecule has 0 aliphatic carbocycles. The van der Waals surface area contributed by atoms with Crippen LogP contribution in [0.5, 0.6) is 0 Å². The van der Waals surface area contributed by atoms with Crippen LogP contribution in [0, 0.1) is 13.8 Å². The van der Waals surface area contributed by atoms with E-state index in [9.17, 15) is 0 Å². The number of hydrogen-bond acceptors (Lipinski definition) is 2. The van der Waals surface area contributed by atoms with Gasteiger partial charge >= 0.3 is 0 Å². The summed E-state index contributed by atoms with van der Waals surface area (Å²) in [6, 6.07) is 6.43. The first-order chi connectivity index (χ1) is 8.59. The number of benzene rings is 1. The van der Waals surface area contributed by atoms with Crippen molar-refractivity contribution < 1.29 is 0 Å². The van der Waals surface area contributed by atoms with Crippen molar-refractivity contribution in [1.29, 1.82) is 0 Å². The van der Waals surface area contributed by atoms with E-state index in [2.05, 4.69) is 41.6 Å². The topological polar surface area (TPSA) is 43.8 Å². The van der Waals surface area contributed by atoms with Crippen LogP contribution < -0.4 is 5.73 Å². The highest BCUT2D eigenvalue weighted by Gasteiger charge is 2.11. The van der Waals surface area contributed by atoms with Gasteiger partial charge in [0.1, 0.15) is 5.82 Å². The molecule has 3 heteroatoms. The maximum absolute atomic E-state index is 6.29. The average molecular weight is 243 g/mol. The van der Waals surface area contributed by atoms with Gasteiger partial charge < -0.3 is 10.3 Å². The molecule has 1 heterocycles. The van der Waals surface area contributed by atoms with Crippen LogP contribution in [0.25, 0.3) is 0 Å². The number of hydrogen-bond donors (Lipinski definition) is 1. The molecule has 2 aromatic rings. The SMILES string of the molecule is Cc1cccc(C(N)CCc2nccn2C)c1C. The van der Waals surface area contributed by atoms with E-state index >= 15 is 0 Å². The summed E-state index contributed by atoms with van der Waals surface area (Å²) in [7, 11) is 2.02. The predicted octanol–water partition coefficient (Wildman–Crippen LogP) is 2.67. The largest absolute Gasteiger partial charge is 0.338 e. The fourth-order valence-corrected chi connectivity index (χ4v) is 2.25. The molecular formula is C15H21N3. The van der Waals surface area contributed by atoms with Crippen molar-refractivity contribution in [1.82, 2.24) is 9.55 Å². The number of imidazole rings is 1. The number of aryl methyl sites for hydroxylation is 3. The van der Waals surface area contributed by atoms with Crippen LogP contribution >= 0.6 is 0 Å². The smallest absolute Gasteiger partial charge is 0.108 e. The Labute approximate surface area is 109 Å².